The van der Waals surface area contributed by atoms with Crippen LogP contribution >= 0.6 is 11.6 Å². The standard InChI is InChI=1S/C34H39ClN2O8.Ac/c1-34(2,20-38)19-37-26-13-12-23(35)16-25(26)31(24-9-6-10-27(43-3)32(24)44-4)45-28(33(37)42)17-29(39)36-18-22-8-5-7-21(15-22)11-14-30(40)41;/h5-10,12-13,15-16,28,31,38H,11,14,17-20H2,1-4H3,(H,36,39)(H,40,41);/t28-,31-;/m1./s1. The number of aliphatic hydroxyl groups excluding tert-OH is 1. The zero-order valence-corrected chi connectivity index (χ0v) is 31.9. The number of aliphatic hydroxyl groups is 1. The van der Waals surface area contributed by atoms with Gasteiger partial charge in [-0.3, -0.25) is 14.4 Å². The van der Waals surface area contributed by atoms with E-state index in [0.29, 0.717) is 39.8 Å². The Labute approximate surface area is 309 Å². The molecule has 3 aromatic rings. The number of aliphatic carboxylic acids is 1. The Balaban J connectivity index is 0.00000576. The number of ether oxygens (including phenoxy) is 3. The van der Waals surface area contributed by atoms with Crippen molar-refractivity contribution in [2.24, 2.45) is 5.41 Å². The van der Waals surface area contributed by atoms with Crippen LogP contribution in [0.2, 0.25) is 5.02 Å². The molecule has 0 spiro atoms. The maximum atomic E-state index is 14.2. The quantitative estimate of drug-likeness (QED) is 0.221. The Morgan fingerprint density at radius 2 is 1.74 bits per heavy atom. The number of carboxylic acid groups (broad SMARTS) is 1. The number of anilines is 1. The Bertz CT molecular complexity index is 1550. The van der Waals surface area contributed by atoms with Crippen molar-refractivity contribution in [2.45, 2.75) is 51.9 Å². The average molecular weight is 866 g/mol. The number of methoxy groups -OCH3 is 2. The van der Waals surface area contributed by atoms with Crippen molar-refractivity contribution in [3.63, 3.8) is 0 Å². The average Bonchev–Trinajstić information content (AvgIpc) is 3.12. The minimum atomic E-state index is -1.20. The van der Waals surface area contributed by atoms with Crippen molar-refractivity contribution in [3.8, 4) is 11.5 Å². The van der Waals surface area contributed by atoms with Crippen molar-refractivity contribution in [1.29, 1.82) is 0 Å². The molecule has 1 aliphatic heterocycles. The van der Waals surface area contributed by atoms with E-state index in [-0.39, 0.29) is 76.6 Å². The molecule has 0 unspecified atom stereocenters. The van der Waals surface area contributed by atoms with Crippen molar-refractivity contribution < 1.29 is 82.9 Å². The molecule has 0 saturated heterocycles. The minimum absolute atomic E-state index is 0. The molecule has 0 bridgehead atoms. The summed E-state index contributed by atoms with van der Waals surface area (Å²) >= 11 is 6.48. The van der Waals surface area contributed by atoms with Gasteiger partial charge in [0.05, 0.1) is 20.6 Å². The van der Waals surface area contributed by atoms with Gasteiger partial charge in [-0.1, -0.05) is 61.8 Å². The molecule has 4 rings (SSSR count). The largest absolute Gasteiger partial charge is 0.493 e. The van der Waals surface area contributed by atoms with Crippen LogP contribution in [0.25, 0.3) is 0 Å². The van der Waals surface area contributed by atoms with Crippen LogP contribution in [0.5, 0.6) is 11.5 Å². The van der Waals surface area contributed by atoms with Crippen molar-refractivity contribution in [2.75, 3.05) is 32.3 Å². The number of halogens is 1. The smallest absolute Gasteiger partial charge is 0.303 e. The van der Waals surface area contributed by atoms with Gasteiger partial charge >= 0.3 is 5.97 Å². The van der Waals surface area contributed by atoms with Crippen molar-refractivity contribution >= 4 is 35.1 Å². The molecule has 1 aliphatic rings. The van der Waals surface area contributed by atoms with Crippen LogP contribution in [0, 0.1) is 49.5 Å². The second-order valence-electron chi connectivity index (χ2n) is 11.7. The number of fused-ring (bicyclic) bond motifs is 1. The molecule has 0 fully saturated rings. The molecule has 2 atom stereocenters. The first-order valence-corrected chi connectivity index (χ1v) is 15.0. The van der Waals surface area contributed by atoms with Gasteiger partial charge in [0.1, 0.15) is 12.2 Å². The number of rotatable bonds is 13. The summed E-state index contributed by atoms with van der Waals surface area (Å²) in [7, 11) is 3.04. The summed E-state index contributed by atoms with van der Waals surface area (Å²) in [6.07, 6.45) is -1.96. The molecular formula is C34H39AcClN2O8. The number of hydrogen-bond acceptors (Lipinski definition) is 7. The predicted octanol–water partition coefficient (Wildman–Crippen LogP) is 4.92. The van der Waals surface area contributed by atoms with Crippen molar-refractivity contribution in [3.05, 3.63) is 87.9 Å². The fraction of sp³-hybridized carbons (Fsp3) is 0.382. The first-order valence-electron chi connectivity index (χ1n) is 14.6. The Morgan fingerprint density at radius 1 is 1.02 bits per heavy atom. The van der Waals surface area contributed by atoms with Gasteiger partial charge in [-0.2, -0.15) is 0 Å². The van der Waals surface area contributed by atoms with Crippen LogP contribution in [0.1, 0.15) is 55.0 Å². The van der Waals surface area contributed by atoms with Gasteiger partial charge in [0.25, 0.3) is 5.91 Å². The monoisotopic (exact) mass is 865 g/mol. The molecule has 243 valence electrons. The molecule has 1 radical (unpaired) electrons. The number of para-hydroxylation sites is 1. The Morgan fingerprint density at radius 3 is 2.41 bits per heavy atom. The summed E-state index contributed by atoms with van der Waals surface area (Å²) in [6.45, 7) is 3.85. The van der Waals surface area contributed by atoms with Gasteiger partial charge < -0.3 is 34.6 Å². The van der Waals surface area contributed by atoms with Gasteiger partial charge in [0.2, 0.25) is 5.91 Å². The van der Waals surface area contributed by atoms with Crippen LogP contribution in [0.4, 0.5) is 5.69 Å². The molecule has 3 aromatic carbocycles. The van der Waals surface area contributed by atoms with Gasteiger partial charge in [0, 0.05) is 97.4 Å². The van der Waals surface area contributed by atoms with Gasteiger partial charge in [-0.15, -0.1) is 0 Å². The number of amides is 2. The normalized spacial score (nSPS) is 16.1. The molecule has 0 aliphatic carbocycles. The third kappa shape index (κ3) is 9.45. The molecule has 12 heteroatoms. The summed E-state index contributed by atoms with van der Waals surface area (Å²) < 4.78 is 17.8. The second kappa shape index (κ2) is 16.9. The first kappa shape index (κ1) is 37.8. The van der Waals surface area contributed by atoms with E-state index in [1.807, 2.05) is 44.2 Å². The van der Waals surface area contributed by atoms with Crippen molar-refractivity contribution in [1.82, 2.24) is 5.32 Å². The SMILES string of the molecule is COc1cccc([C@H]2O[C@H](CC(=O)NCc3cccc(CCC(=O)O)c3)C(=O)N(CC(C)(C)CO)c3ccc(Cl)cc32)c1OC.[Ac]. The van der Waals surface area contributed by atoms with Crippen LogP contribution in [0.15, 0.2) is 60.7 Å². The van der Waals surface area contributed by atoms with Gasteiger partial charge in [-0.25, -0.2) is 0 Å². The summed E-state index contributed by atoms with van der Waals surface area (Å²) in [4.78, 5) is 40.1. The zero-order chi connectivity index (χ0) is 32.7. The van der Waals surface area contributed by atoms with E-state index in [2.05, 4.69) is 5.32 Å². The molecule has 2 amide bonds. The van der Waals surface area contributed by atoms with Gasteiger partial charge in [-0.05, 0) is 41.8 Å². The van der Waals surface area contributed by atoms with E-state index in [0.717, 1.165) is 11.1 Å². The molecule has 0 aromatic heterocycles. The van der Waals surface area contributed by atoms with Gasteiger partial charge in [0.15, 0.2) is 11.5 Å². The summed E-state index contributed by atoms with van der Waals surface area (Å²) in [5, 5.41) is 22.4. The zero-order valence-electron chi connectivity index (χ0n) is 26.4. The molecular weight excluding hydrogens is 827 g/mol. The first-order chi connectivity index (χ1) is 21.5. The van der Waals surface area contributed by atoms with Crippen LogP contribution < -0.4 is 19.7 Å². The van der Waals surface area contributed by atoms with E-state index >= 15 is 0 Å². The van der Waals surface area contributed by atoms with Crippen LogP contribution in [-0.4, -0.2) is 61.5 Å². The van der Waals surface area contributed by atoms with E-state index in [9.17, 15) is 19.5 Å². The fourth-order valence-corrected chi connectivity index (χ4v) is 5.47. The summed E-state index contributed by atoms with van der Waals surface area (Å²) in [5.74, 6) is -0.844. The van der Waals surface area contributed by atoms with E-state index < -0.39 is 35.4 Å². The topological polar surface area (TPSA) is 135 Å². The Kier molecular flexibility index (Phi) is 13.9. The van der Waals surface area contributed by atoms with E-state index in [1.165, 1.54) is 14.2 Å². The summed E-state index contributed by atoms with van der Waals surface area (Å²) in [5.41, 5.74) is 2.70. The number of benzene rings is 3. The number of hydrogen-bond donors (Lipinski definition) is 3. The minimum Gasteiger partial charge on any atom is -0.493 e. The van der Waals surface area contributed by atoms with E-state index in [1.54, 1.807) is 35.2 Å². The number of carbonyl (C=O) groups is 3. The predicted molar refractivity (Wildman–Crippen MR) is 170 cm³/mol. The van der Waals surface area contributed by atoms with E-state index in [4.69, 9.17) is 30.9 Å². The fourth-order valence-electron chi connectivity index (χ4n) is 5.29. The Hall–Kier alpha value is -2.68. The molecule has 3 N–H and O–H groups in total. The number of carbonyl (C=O) groups excluding carboxylic acids is 2. The number of nitrogens with zero attached hydrogens (tertiary/aromatic N) is 1. The number of aryl methyl sites for hydroxylation is 1. The second-order valence-corrected chi connectivity index (χ2v) is 12.2. The third-order valence-electron chi connectivity index (χ3n) is 7.61. The molecule has 1 heterocycles. The maximum absolute atomic E-state index is 14.2. The number of carboxylic acids is 1. The maximum Gasteiger partial charge on any atom is 0.303 e. The van der Waals surface area contributed by atoms with Crippen LogP contribution in [0.3, 0.4) is 0 Å². The number of nitrogens with one attached hydrogen (secondary N) is 1. The van der Waals surface area contributed by atoms with Crippen LogP contribution in [-0.2, 0) is 32.1 Å². The third-order valence-corrected chi connectivity index (χ3v) is 7.85. The summed E-state index contributed by atoms with van der Waals surface area (Å²) in [6, 6.07) is 17.8. The molecule has 0 saturated carbocycles. The molecule has 46 heavy (non-hydrogen) atoms. The molecule has 10 nitrogen and oxygen atoms in total.